The molecule has 0 aromatic rings. The standard InChI is InChI=1S/C10H18N2O2/c1-4-5-11-10(14)7-12-9(13)6-8(2)3/h4,8H,1,5-7H2,2-3H3,(H,11,14)(H,12,13). The summed E-state index contributed by atoms with van der Waals surface area (Å²) < 4.78 is 0. The van der Waals surface area contributed by atoms with E-state index in [0.29, 0.717) is 18.9 Å². The molecule has 0 aliphatic rings. The highest BCUT2D eigenvalue weighted by molar-refractivity contribution is 5.84. The molecule has 0 bridgehead atoms. The summed E-state index contributed by atoms with van der Waals surface area (Å²) in [5, 5.41) is 5.11. The van der Waals surface area contributed by atoms with E-state index >= 15 is 0 Å². The van der Waals surface area contributed by atoms with Gasteiger partial charge in [0.1, 0.15) is 0 Å². The van der Waals surface area contributed by atoms with Crippen LogP contribution in [0.2, 0.25) is 0 Å². The van der Waals surface area contributed by atoms with Crippen molar-refractivity contribution < 1.29 is 9.59 Å². The Morgan fingerprint density at radius 2 is 1.93 bits per heavy atom. The van der Waals surface area contributed by atoms with Crippen molar-refractivity contribution >= 4 is 11.8 Å². The second-order valence-corrected chi connectivity index (χ2v) is 3.47. The van der Waals surface area contributed by atoms with Gasteiger partial charge in [0, 0.05) is 13.0 Å². The quantitative estimate of drug-likeness (QED) is 0.609. The molecule has 0 unspecified atom stereocenters. The summed E-state index contributed by atoms with van der Waals surface area (Å²) in [7, 11) is 0. The van der Waals surface area contributed by atoms with Crippen molar-refractivity contribution in [1.82, 2.24) is 10.6 Å². The van der Waals surface area contributed by atoms with Crippen LogP contribution in [-0.2, 0) is 9.59 Å². The monoisotopic (exact) mass is 198 g/mol. The zero-order valence-electron chi connectivity index (χ0n) is 8.80. The second kappa shape index (κ2) is 7.12. The maximum Gasteiger partial charge on any atom is 0.239 e. The fourth-order valence-corrected chi connectivity index (χ4v) is 0.870. The largest absolute Gasteiger partial charge is 0.351 e. The Morgan fingerprint density at radius 3 is 2.43 bits per heavy atom. The number of carbonyl (C=O) groups excluding carboxylic acids is 2. The fourth-order valence-electron chi connectivity index (χ4n) is 0.870. The molecule has 2 N–H and O–H groups in total. The molecule has 2 amide bonds. The van der Waals surface area contributed by atoms with Gasteiger partial charge in [-0.05, 0) is 5.92 Å². The van der Waals surface area contributed by atoms with E-state index in [1.54, 1.807) is 6.08 Å². The predicted molar refractivity (Wildman–Crippen MR) is 55.7 cm³/mol. The van der Waals surface area contributed by atoms with Gasteiger partial charge in [-0.1, -0.05) is 19.9 Å². The first-order chi connectivity index (χ1) is 6.56. The van der Waals surface area contributed by atoms with Crippen molar-refractivity contribution in [3.8, 4) is 0 Å². The van der Waals surface area contributed by atoms with Gasteiger partial charge in [0.2, 0.25) is 11.8 Å². The average Bonchev–Trinajstić information content (AvgIpc) is 2.10. The molecule has 4 nitrogen and oxygen atoms in total. The van der Waals surface area contributed by atoms with E-state index in [9.17, 15) is 9.59 Å². The molecule has 0 saturated carbocycles. The average molecular weight is 198 g/mol. The van der Waals surface area contributed by atoms with Crippen molar-refractivity contribution in [2.45, 2.75) is 20.3 Å². The van der Waals surface area contributed by atoms with E-state index in [-0.39, 0.29) is 18.4 Å². The number of amides is 2. The van der Waals surface area contributed by atoms with Gasteiger partial charge in [-0.15, -0.1) is 6.58 Å². The van der Waals surface area contributed by atoms with Crippen LogP contribution < -0.4 is 10.6 Å². The van der Waals surface area contributed by atoms with Crippen molar-refractivity contribution in [2.75, 3.05) is 13.1 Å². The van der Waals surface area contributed by atoms with Gasteiger partial charge in [0.05, 0.1) is 6.54 Å². The van der Waals surface area contributed by atoms with Crippen LogP contribution in [0.4, 0.5) is 0 Å². The molecule has 0 aliphatic heterocycles. The number of hydrogen-bond donors (Lipinski definition) is 2. The van der Waals surface area contributed by atoms with E-state index in [1.165, 1.54) is 0 Å². The Kier molecular flexibility index (Phi) is 6.45. The molecule has 14 heavy (non-hydrogen) atoms. The van der Waals surface area contributed by atoms with Crippen LogP contribution in [0.15, 0.2) is 12.7 Å². The topological polar surface area (TPSA) is 58.2 Å². The summed E-state index contributed by atoms with van der Waals surface area (Å²) in [6.45, 7) is 7.85. The lowest BCUT2D eigenvalue weighted by Gasteiger charge is -2.06. The van der Waals surface area contributed by atoms with Crippen LogP contribution in [-0.4, -0.2) is 24.9 Å². The minimum Gasteiger partial charge on any atom is -0.351 e. The van der Waals surface area contributed by atoms with Crippen LogP contribution >= 0.6 is 0 Å². The lowest BCUT2D eigenvalue weighted by molar-refractivity contribution is -0.126. The third-order valence-corrected chi connectivity index (χ3v) is 1.48. The van der Waals surface area contributed by atoms with Crippen LogP contribution in [0, 0.1) is 5.92 Å². The number of nitrogens with one attached hydrogen (secondary N) is 2. The SMILES string of the molecule is C=CCNC(=O)CNC(=O)CC(C)C. The molecule has 0 rings (SSSR count). The first kappa shape index (κ1) is 12.7. The molecular formula is C10H18N2O2. The molecule has 0 fully saturated rings. The van der Waals surface area contributed by atoms with Crippen LogP contribution in [0.1, 0.15) is 20.3 Å². The molecule has 0 spiro atoms. The van der Waals surface area contributed by atoms with Gasteiger partial charge in [-0.3, -0.25) is 9.59 Å². The highest BCUT2D eigenvalue weighted by Crippen LogP contribution is 1.97. The van der Waals surface area contributed by atoms with Crippen molar-refractivity contribution in [3.63, 3.8) is 0 Å². The Balaban J connectivity index is 3.55. The summed E-state index contributed by atoms with van der Waals surface area (Å²) in [4.78, 5) is 22.1. The number of rotatable bonds is 6. The van der Waals surface area contributed by atoms with E-state index in [1.807, 2.05) is 13.8 Å². The molecule has 0 aromatic heterocycles. The Bertz CT molecular complexity index is 212. The molecule has 0 radical (unpaired) electrons. The molecular weight excluding hydrogens is 180 g/mol. The first-order valence-corrected chi connectivity index (χ1v) is 4.70. The highest BCUT2D eigenvalue weighted by atomic mass is 16.2. The van der Waals surface area contributed by atoms with Gasteiger partial charge in [0.25, 0.3) is 0 Å². The van der Waals surface area contributed by atoms with E-state index in [2.05, 4.69) is 17.2 Å². The zero-order chi connectivity index (χ0) is 11.0. The van der Waals surface area contributed by atoms with Crippen molar-refractivity contribution in [3.05, 3.63) is 12.7 Å². The summed E-state index contributed by atoms with van der Waals surface area (Å²) >= 11 is 0. The Morgan fingerprint density at radius 1 is 1.29 bits per heavy atom. The Hall–Kier alpha value is -1.32. The van der Waals surface area contributed by atoms with Crippen LogP contribution in [0.5, 0.6) is 0 Å². The Labute approximate surface area is 84.8 Å². The fraction of sp³-hybridized carbons (Fsp3) is 0.600. The maximum atomic E-state index is 11.1. The molecule has 4 heteroatoms. The van der Waals surface area contributed by atoms with Crippen LogP contribution in [0.25, 0.3) is 0 Å². The first-order valence-electron chi connectivity index (χ1n) is 4.70. The molecule has 0 aromatic carbocycles. The van der Waals surface area contributed by atoms with E-state index in [0.717, 1.165) is 0 Å². The smallest absolute Gasteiger partial charge is 0.239 e. The lowest BCUT2D eigenvalue weighted by Crippen LogP contribution is -2.37. The second-order valence-electron chi connectivity index (χ2n) is 3.47. The molecule has 0 atom stereocenters. The normalized spacial score (nSPS) is 9.64. The molecule has 80 valence electrons. The van der Waals surface area contributed by atoms with Gasteiger partial charge in [0.15, 0.2) is 0 Å². The van der Waals surface area contributed by atoms with Gasteiger partial charge < -0.3 is 10.6 Å². The number of hydrogen-bond acceptors (Lipinski definition) is 2. The third-order valence-electron chi connectivity index (χ3n) is 1.48. The molecule has 0 heterocycles. The van der Waals surface area contributed by atoms with Gasteiger partial charge in [-0.2, -0.15) is 0 Å². The number of carbonyl (C=O) groups is 2. The predicted octanol–water partition coefficient (Wildman–Crippen LogP) is 0.451. The zero-order valence-corrected chi connectivity index (χ0v) is 8.80. The summed E-state index contributed by atoms with van der Waals surface area (Å²) in [6, 6.07) is 0. The lowest BCUT2D eigenvalue weighted by atomic mass is 10.1. The molecule has 0 aliphatic carbocycles. The highest BCUT2D eigenvalue weighted by Gasteiger charge is 2.06. The van der Waals surface area contributed by atoms with Gasteiger partial charge in [-0.25, -0.2) is 0 Å². The summed E-state index contributed by atoms with van der Waals surface area (Å²) in [5.41, 5.74) is 0. The van der Waals surface area contributed by atoms with Gasteiger partial charge >= 0.3 is 0 Å². The van der Waals surface area contributed by atoms with E-state index < -0.39 is 0 Å². The third kappa shape index (κ3) is 7.34. The molecule has 0 saturated heterocycles. The minimum absolute atomic E-state index is 0.0411. The maximum absolute atomic E-state index is 11.1. The van der Waals surface area contributed by atoms with Crippen molar-refractivity contribution in [1.29, 1.82) is 0 Å². The summed E-state index contributed by atoms with van der Waals surface area (Å²) in [6.07, 6.45) is 2.04. The van der Waals surface area contributed by atoms with Crippen LogP contribution in [0.3, 0.4) is 0 Å². The van der Waals surface area contributed by atoms with Crippen molar-refractivity contribution in [2.24, 2.45) is 5.92 Å². The minimum atomic E-state index is -0.193. The summed E-state index contributed by atoms with van der Waals surface area (Å²) in [5.74, 6) is 0.0296. The van der Waals surface area contributed by atoms with E-state index in [4.69, 9.17) is 0 Å².